The molecule has 0 bridgehead atoms. The van der Waals surface area contributed by atoms with Crippen LogP contribution in [0.5, 0.6) is 23.0 Å². The first kappa shape index (κ1) is 16.9. The third-order valence-corrected chi connectivity index (χ3v) is 3.55. The van der Waals surface area contributed by atoms with Crippen molar-refractivity contribution in [1.29, 1.82) is 0 Å². The number of rotatable bonds is 5. The summed E-state index contributed by atoms with van der Waals surface area (Å²) in [5.74, 6) is 2.02. The van der Waals surface area contributed by atoms with Crippen LogP contribution < -0.4 is 14.2 Å². The van der Waals surface area contributed by atoms with E-state index in [2.05, 4.69) is 20.8 Å². The largest absolute Gasteiger partial charge is 0.493 e. The van der Waals surface area contributed by atoms with Gasteiger partial charge in [0.1, 0.15) is 12.0 Å². The van der Waals surface area contributed by atoms with Crippen LogP contribution in [0.15, 0.2) is 36.4 Å². The molecule has 4 heteroatoms. The van der Waals surface area contributed by atoms with E-state index in [4.69, 9.17) is 14.2 Å². The molecule has 0 N–H and O–H groups in total. The minimum absolute atomic E-state index is 0.0802. The van der Waals surface area contributed by atoms with E-state index < -0.39 is 0 Å². The molecule has 0 atom stereocenters. The number of benzene rings is 2. The number of hydrogen-bond donors (Lipinski definition) is 0. The second-order valence-corrected chi connectivity index (χ2v) is 6.25. The molecule has 0 aliphatic carbocycles. The van der Waals surface area contributed by atoms with Crippen molar-refractivity contribution in [2.24, 2.45) is 0 Å². The van der Waals surface area contributed by atoms with Crippen LogP contribution in [0.1, 0.15) is 36.7 Å². The highest BCUT2D eigenvalue weighted by Crippen LogP contribution is 2.40. The maximum absolute atomic E-state index is 11.1. The summed E-state index contributed by atoms with van der Waals surface area (Å²) in [6.07, 6.45) is 0.748. The van der Waals surface area contributed by atoms with Crippen LogP contribution in [0.25, 0.3) is 0 Å². The lowest BCUT2D eigenvalue weighted by molar-refractivity contribution is 0.112. The summed E-state index contributed by atoms with van der Waals surface area (Å²) < 4.78 is 16.5. The van der Waals surface area contributed by atoms with Crippen molar-refractivity contribution in [2.45, 2.75) is 26.2 Å². The summed E-state index contributed by atoms with van der Waals surface area (Å²) in [7, 11) is 3.06. The van der Waals surface area contributed by atoms with Crippen molar-refractivity contribution in [2.75, 3.05) is 14.2 Å². The Morgan fingerprint density at radius 1 is 0.913 bits per heavy atom. The van der Waals surface area contributed by atoms with Crippen LogP contribution in [0.2, 0.25) is 0 Å². The van der Waals surface area contributed by atoms with Crippen molar-refractivity contribution < 1.29 is 19.0 Å². The van der Waals surface area contributed by atoms with Crippen molar-refractivity contribution in [3.05, 3.63) is 47.5 Å². The third-order valence-electron chi connectivity index (χ3n) is 3.55. The highest BCUT2D eigenvalue weighted by molar-refractivity contribution is 5.78. The van der Waals surface area contributed by atoms with Gasteiger partial charge in [0.2, 0.25) is 5.75 Å². The van der Waals surface area contributed by atoms with Gasteiger partial charge in [-0.3, -0.25) is 4.79 Å². The van der Waals surface area contributed by atoms with Crippen molar-refractivity contribution in [3.63, 3.8) is 0 Å². The van der Waals surface area contributed by atoms with Gasteiger partial charge in [0.15, 0.2) is 11.5 Å². The lowest BCUT2D eigenvalue weighted by Gasteiger charge is -2.19. The van der Waals surface area contributed by atoms with Gasteiger partial charge in [-0.1, -0.05) is 32.9 Å². The van der Waals surface area contributed by atoms with Gasteiger partial charge in [0.25, 0.3) is 0 Å². The highest BCUT2D eigenvalue weighted by Gasteiger charge is 2.16. The molecule has 0 heterocycles. The van der Waals surface area contributed by atoms with Gasteiger partial charge >= 0.3 is 0 Å². The normalized spacial score (nSPS) is 11.0. The second kappa shape index (κ2) is 6.73. The molecular formula is C19H22O4. The quantitative estimate of drug-likeness (QED) is 0.756. The topological polar surface area (TPSA) is 44.8 Å². The van der Waals surface area contributed by atoms with Crippen LogP contribution in [0, 0.1) is 0 Å². The minimum atomic E-state index is 0.0802. The molecule has 122 valence electrons. The fraction of sp³-hybridized carbons (Fsp3) is 0.316. The van der Waals surface area contributed by atoms with Gasteiger partial charge in [-0.25, -0.2) is 0 Å². The zero-order valence-electron chi connectivity index (χ0n) is 14.2. The van der Waals surface area contributed by atoms with Gasteiger partial charge in [-0.2, -0.15) is 0 Å². The molecule has 0 spiro atoms. The van der Waals surface area contributed by atoms with Gasteiger partial charge in [0.05, 0.1) is 14.2 Å². The Hall–Kier alpha value is -2.49. The van der Waals surface area contributed by atoms with Crippen LogP contribution in [0.3, 0.4) is 0 Å². The monoisotopic (exact) mass is 314 g/mol. The minimum Gasteiger partial charge on any atom is -0.493 e. The summed E-state index contributed by atoms with van der Waals surface area (Å²) in [5, 5.41) is 0. The maximum Gasteiger partial charge on any atom is 0.203 e. The summed E-state index contributed by atoms with van der Waals surface area (Å²) in [6, 6.07) is 11.1. The van der Waals surface area contributed by atoms with Crippen LogP contribution in [-0.2, 0) is 5.41 Å². The predicted octanol–water partition coefficient (Wildman–Crippen LogP) is 4.61. The molecule has 2 rings (SSSR count). The first-order valence-electron chi connectivity index (χ1n) is 7.38. The summed E-state index contributed by atoms with van der Waals surface area (Å²) in [6.45, 7) is 6.47. The fourth-order valence-electron chi connectivity index (χ4n) is 2.24. The Balaban J connectivity index is 2.37. The van der Waals surface area contributed by atoms with E-state index in [0.29, 0.717) is 28.6 Å². The van der Waals surface area contributed by atoms with Crippen LogP contribution in [-0.4, -0.2) is 20.5 Å². The molecule has 2 aromatic carbocycles. The number of carbonyl (C=O) groups excluding carboxylic acids is 1. The Morgan fingerprint density at radius 2 is 1.52 bits per heavy atom. The Morgan fingerprint density at radius 3 is 2.00 bits per heavy atom. The Kier molecular flexibility index (Phi) is 4.94. The first-order valence-corrected chi connectivity index (χ1v) is 7.38. The fourth-order valence-corrected chi connectivity index (χ4v) is 2.24. The average molecular weight is 314 g/mol. The van der Waals surface area contributed by atoms with Gasteiger partial charge < -0.3 is 14.2 Å². The molecule has 23 heavy (non-hydrogen) atoms. The smallest absolute Gasteiger partial charge is 0.203 e. The lowest BCUT2D eigenvalue weighted by Crippen LogP contribution is -2.10. The van der Waals surface area contributed by atoms with E-state index >= 15 is 0 Å². The van der Waals surface area contributed by atoms with Crippen molar-refractivity contribution in [3.8, 4) is 23.0 Å². The highest BCUT2D eigenvalue weighted by atomic mass is 16.5. The number of ether oxygens (including phenoxy) is 3. The molecule has 4 nitrogen and oxygen atoms in total. The van der Waals surface area contributed by atoms with Crippen molar-refractivity contribution >= 4 is 6.29 Å². The molecule has 0 aliphatic heterocycles. The molecule has 0 amide bonds. The zero-order chi connectivity index (χ0) is 17.0. The molecule has 0 saturated carbocycles. The molecule has 0 fully saturated rings. The SMILES string of the molecule is COc1cc(C=O)cc(Oc2ccc(C(C)(C)C)cc2)c1OC. The summed E-state index contributed by atoms with van der Waals surface area (Å²) in [5.41, 5.74) is 1.76. The molecular weight excluding hydrogens is 292 g/mol. The van der Waals surface area contributed by atoms with Gasteiger partial charge in [-0.05, 0) is 35.2 Å². The molecule has 0 aliphatic rings. The van der Waals surface area contributed by atoms with E-state index in [1.165, 1.54) is 19.8 Å². The predicted molar refractivity (Wildman–Crippen MR) is 90.1 cm³/mol. The molecule has 0 unspecified atom stereocenters. The van der Waals surface area contributed by atoms with Crippen molar-refractivity contribution in [1.82, 2.24) is 0 Å². The molecule has 2 aromatic rings. The lowest BCUT2D eigenvalue weighted by atomic mass is 9.87. The van der Waals surface area contributed by atoms with Gasteiger partial charge in [0, 0.05) is 5.56 Å². The second-order valence-electron chi connectivity index (χ2n) is 6.25. The average Bonchev–Trinajstić information content (AvgIpc) is 2.53. The third kappa shape index (κ3) is 3.83. The van der Waals surface area contributed by atoms with E-state index in [1.54, 1.807) is 12.1 Å². The van der Waals surface area contributed by atoms with E-state index in [9.17, 15) is 4.79 Å². The zero-order valence-corrected chi connectivity index (χ0v) is 14.2. The van der Waals surface area contributed by atoms with E-state index in [-0.39, 0.29) is 5.41 Å². The van der Waals surface area contributed by atoms with Gasteiger partial charge in [-0.15, -0.1) is 0 Å². The number of methoxy groups -OCH3 is 2. The molecule has 0 aromatic heterocycles. The maximum atomic E-state index is 11.1. The van der Waals surface area contributed by atoms with E-state index in [0.717, 1.165) is 6.29 Å². The number of hydrogen-bond acceptors (Lipinski definition) is 4. The molecule has 0 saturated heterocycles. The van der Waals surface area contributed by atoms with E-state index in [1.807, 2.05) is 24.3 Å². The number of aldehydes is 1. The Bertz CT molecular complexity index is 682. The van der Waals surface area contributed by atoms with Crippen LogP contribution in [0.4, 0.5) is 0 Å². The van der Waals surface area contributed by atoms with Crippen LogP contribution >= 0.6 is 0 Å². The Labute approximate surface area is 137 Å². The summed E-state index contributed by atoms with van der Waals surface area (Å²) >= 11 is 0. The number of carbonyl (C=O) groups is 1. The molecule has 0 radical (unpaired) electrons. The standard InChI is InChI=1S/C19H22O4/c1-19(2,3)14-6-8-15(9-7-14)23-17-11-13(12-20)10-16(21-4)18(17)22-5/h6-12H,1-5H3. The summed E-state index contributed by atoms with van der Waals surface area (Å²) in [4.78, 5) is 11.1. The first-order chi connectivity index (χ1) is 10.9.